The van der Waals surface area contributed by atoms with E-state index in [0.29, 0.717) is 0 Å². The quantitative estimate of drug-likeness (QED) is 0.665. The van der Waals surface area contributed by atoms with E-state index in [1.807, 2.05) is 12.5 Å². The Morgan fingerprint density at radius 3 is 2.52 bits per heavy atom. The number of rotatable bonds is 3. The molecule has 25 heavy (non-hydrogen) atoms. The van der Waals surface area contributed by atoms with Gasteiger partial charge in [-0.25, -0.2) is 4.98 Å². The van der Waals surface area contributed by atoms with E-state index >= 15 is 0 Å². The molecule has 0 radical (unpaired) electrons. The molecule has 0 amide bonds. The van der Waals surface area contributed by atoms with Crippen LogP contribution in [0, 0.1) is 0 Å². The molecule has 2 aliphatic heterocycles. The molecule has 1 atom stereocenters. The minimum atomic E-state index is 0.160. The Bertz CT molecular complexity index is 931. The monoisotopic (exact) mass is 345 g/mol. The summed E-state index contributed by atoms with van der Waals surface area (Å²) >= 11 is 5.58. The molecule has 1 unspecified atom stereocenters. The second-order valence-electron chi connectivity index (χ2n) is 6.81. The number of aromatic nitrogens is 2. The molecular weight excluding hydrogens is 326 g/mol. The Morgan fingerprint density at radius 2 is 1.76 bits per heavy atom. The van der Waals surface area contributed by atoms with E-state index < -0.39 is 0 Å². The summed E-state index contributed by atoms with van der Waals surface area (Å²) in [5.74, 6) is 0. The van der Waals surface area contributed by atoms with Crippen molar-refractivity contribution < 1.29 is 0 Å². The molecule has 0 spiro atoms. The smallest absolute Gasteiger partial charge is 0.0954 e. The molecule has 0 saturated carbocycles. The number of anilines is 1. The highest BCUT2D eigenvalue weighted by molar-refractivity contribution is 7.80. The van der Waals surface area contributed by atoms with Crippen molar-refractivity contribution in [3.63, 3.8) is 0 Å². The topological polar surface area (TPSA) is 21.1 Å². The van der Waals surface area contributed by atoms with Gasteiger partial charge in [0.05, 0.1) is 17.4 Å². The van der Waals surface area contributed by atoms with Gasteiger partial charge in [0.15, 0.2) is 0 Å². The van der Waals surface area contributed by atoms with Crippen molar-refractivity contribution in [1.29, 1.82) is 0 Å². The SMILES string of the molecule is S=C1CCc2cc(C(c3ccccc3)n3ccnc3)cc3c2N1CC3. The van der Waals surface area contributed by atoms with Crippen LogP contribution in [0.1, 0.15) is 34.7 Å². The summed E-state index contributed by atoms with van der Waals surface area (Å²) < 4.78 is 2.20. The van der Waals surface area contributed by atoms with Crippen molar-refractivity contribution in [3.8, 4) is 0 Å². The molecule has 1 aromatic heterocycles. The van der Waals surface area contributed by atoms with Crippen molar-refractivity contribution in [3.05, 3.63) is 83.4 Å². The van der Waals surface area contributed by atoms with Gasteiger partial charge in [-0.15, -0.1) is 0 Å². The molecule has 3 heterocycles. The standard InChI is InChI=1S/C21H19N3S/c25-19-7-6-16-12-18(13-17-8-10-24(19)21(16)17)20(23-11-9-22-14-23)15-4-2-1-3-5-15/h1-5,9,11-14,20H,6-8,10H2. The summed E-state index contributed by atoms with van der Waals surface area (Å²) in [5, 5.41) is 0. The van der Waals surface area contributed by atoms with Crippen LogP contribution in [0.15, 0.2) is 61.2 Å². The summed E-state index contributed by atoms with van der Waals surface area (Å²) in [4.78, 5) is 7.73. The van der Waals surface area contributed by atoms with Crippen molar-refractivity contribution in [1.82, 2.24) is 9.55 Å². The molecule has 4 heteroatoms. The van der Waals surface area contributed by atoms with E-state index in [0.717, 1.165) is 30.8 Å². The van der Waals surface area contributed by atoms with Crippen LogP contribution in [0.5, 0.6) is 0 Å². The average Bonchev–Trinajstić information content (AvgIpc) is 3.30. The molecule has 2 aromatic carbocycles. The fourth-order valence-corrected chi connectivity index (χ4v) is 4.52. The highest BCUT2D eigenvalue weighted by atomic mass is 32.1. The van der Waals surface area contributed by atoms with Gasteiger partial charge in [0.25, 0.3) is 0 Å². The molecule has 0 saturated heterocycles. The number of hydrogen-bond acceptors (Lipinski definition) is 2. The van der Waals surface area contributed by atoms with Gasteiger partial charge in [0.2, 0.25) is 0 Å². The van der Waals surface area contributed by atoms with Crippen molar-refractivity contribution in [2.45, 2.75) is 25.3 Å². The molecular formula is C21H19N3S. The number of thiocarbonyl (C=S) groups is 1. The molecule has 124 valence electrons. The number of benzene rings is 2. The summed E-state index contributed by atoms with van der Waals surface area (Å²) in [7, 11) is 0. The molecule has 0 N–H and O–H groups in total. The van der Waals surface area contributed by atoms with Gasteiger partial charge in [0.1, 0.15) is 0 Å². The fraction of sp³-hybridized carbons (Fsp3) is 0.238. The van der Waals surface area contributed by atoms with Gasteiger partial charge in [0, 0.05) is 31.0 Å². The highest BCUT2D eigenvalue weighted by Crippen LogP contribution is 2.40. The molecule has 5 rings (SSSR count). The summed E-state index contributed by atoms with van der Waals surface area (Å²) in [6, 6.07) is 15.6. The van der Waals surface area contributed by atoms with Crippen molar-refractivity contribution in [2.24, 2.45) is 0 Å². The van der Waals surface area contributed by atoms with E-state index in [4.69, 9.17) is 12.2 Å². The normalized spacial score (nSPS) is 16.8. The maximum absolute atomic E-state index is 5.58. The number of hydrogen-bond donors (Lipinski definition) is 0. The van der Waals surface area contributed by atoms with Crippen molar-refractivity contribution >= 4 is 22.9 Å². The van der Waals surface area contributed by atoms with E-state index in [-0.39, 0.29) is 6.04 Å². The van der Waals surface area contributed by atoms with Crippen LogP contribution in [0.2, 0.25) is 0 Å². The van der Waals surface area contributed by atoms with Gasteiger partial charge in [-0.2, -0.15) is 0 Å². The highest BCUT2D eigenvalue weighted by Gasteiger charge is 2.30. The second-order valence-corrected chi connectivity index (χ2v) is 7.28. The van der Waals surface area contributed by atoms with Gasteiger partial charge in [-0.05, 0) is 35.1 Å². The Labute approximate surface area is 152 Å². The van der Waals surface area contributed by atoms with E-state index in [1.54, 1.807) is 0 Å². The molecule has 2 aliphatic rings. The number of nitrogens with zero attached hydrogens (tertiary/aromatic N) is 3. The Hall–Kier alpha value is -2.46. The number of imidazole rings is 1. The molecule has 3 aromatic rings. The first kappa shape index (κ1) is 14.8. The van der Waals surface area contributed by atoms with E-state index in [1.165, 1.54) is 27.9 Å². The van der Waals surface area contributed by atoms with Gasteiger partial charge >= 0.3 is 0 Å². The Balaban J connectivity index is 1.68. The van der Waals surface area contributed by atoms with Crippen LogP contribution in [-0.4, -0.2) is 21.1 Å². The molecule has 0 fully saturated rings. The predicted octanol–water partition coefficient (Wildman–Crippen LogP) is 4.16. The summed E-state index contributed by atoms with van der Waals surface area (Å²) in [6.07, 6.45) is 8.95. The first-order valence-corrected chi connectivity index (χ1v) is 9.20. The van der Waals surface area contributed by atoms with E-state index in [9.17, 15) is 0 Å². The summed E-state index contributed by atoms with van der Waals surface area (Å²) in [5.41, 5.74) is 6.90. The third kappa shape index (κ3) is 2.40. The zero-order valence-corrected chi connectivity index (χ0v) is 14.7. The molecule has 0 bridgehead atoms. The maximum atomic E-state index is 5.58. The van der Waals surface area contributed by atoms with Crippen LogP contribution < -0.4 is 4.90 Å². The van der Waals surface area contributed by atoms with Crippen LogP contribution >= 0.6 is 12.2 Å². The lowest BCUT2D eigenvalue weighted by molar-refractivity contribution is 0.675. The average molecular weight is 345 g/mol. The van der Waals surface area contributed by atoms with E-state index in [2.05, 4.69) is 63.1 Å². The van der Waals surface area contributed by atoms with Gasteiger partial charge in [-0.1, -0.05) is 54.7 Å². The predicted molar refractivity (Wildman–Crippen MR) is 104 cm³/mol. The number of aryl methyl sites for hydroxylation is 1. The van der Waals surface area contributed by atoms with Crippen LogP contribution in [0.25, 0.3) is 0 Å². The summed E-state index contributed by atoms with van der Waals surface area (Å²) in [6.45, 7) is 1.03. The first-order chi connectivity index (χ1) is 12.3. The van der Waals surface area contributed by atoms with Crippen LogP contribution in [0.3, 0.4) is 0 Å². The third-order valence-corrected chi connectivity index (χ3v) is 5.75. The molecule has 0 aliphatic carbocycles. The Kier molecular flexibility index (Phi) is 3.45. The second kappa shape index (κ2) is 5.81. The zero-order chi connectivity index (χ0) is 16.8. The lowest BCUT2D eigenvalue weighted by atomic mass is 9.91. The van der Waals surface area contributed by atoms with Crippen molar-refractivity contribution in [2.75, 3.05) is 11.4 Å². The lowest BCUT2D eigenvalue weighted by Crippen LogP contribution is -2.31. The maximum Gasteiger partial charge on any atom is 0.0954 e. The van der Waals surface area contributed by atoms with Crippen LogP contribution in [-0.2, 0) is 12.8 Å². The minimum absolute atomic E-state index is 0.160. The third-order valence-electron chi connectivity index (χ3n) is 5.33. The van der Waals surface area contributed by atoms with Gasteiger partial charge in [-0.3, -0.25) is 0 Å². The van der Waals surface area contributed by atoms with Crippen LogP contribution in [0.4, 0.5) is 5.69 Å². The lowest BCUT2D eigenvalue weighted by Gasteiger charge is -2.29. The van der Waals surface area contributed by atoms with Gasteiger partial charge < -0.3 is 9.47 Å². The Morgan fingerprint density at radius 1 is 0.960 bits per heavy atom. The first-order valence-electron chi connectivity index (χ1n) is 8.80. The minimum Gasteiger partial charge on any atom is -0.335 e. The molecule has 3 nitrogen and oxygen atoms in total. The zero-order valence-electron chi connectivity index (χ0n) is 13.9. The fourth-order valence-electron chi connectivity index (χ4n) is 4.24. The largest absolute Gasteiger partial charge is 0.335 e.